The molecule has 0 aliphatic heterocycles. The topological polar surface area (TPSA) is 83.1 Å². The molecule has 2 heterocycles. The standard InChI is InChI=1S/C18H22N4O3/c1-5-15-20-13-10-22(24)14-9-7-6-8-12(14)16(13)21(15)11-19-17(23)25-18(2,3)4/h6-10H,5,11H2,1-4H3,(H,19,23). The summed E-state index contributed by atoms with van der Waals surface area (Å²) in [7, 11) is 0. The number of carbonyl (C=O) groups is 1. The van der Waals surface area contributed by atoms with Crippen LogP contribution in [-0.2, 0) is 17.8 Å². The van der Waals surface area contributed by atoms with Gasteiger partial charge in [0, 0.05) is 12.5 Å². The van der Waals surface area contributed by atoms with Crippen molar-refractivity contribution in [1.29, 1.82) is 0 Å². The van der Waals surface area contributed by atoms with Crippen LogP contribution in [-0.4, -0.2) is 21.2 Å². The number of fused-ring (bicyclic) bond motifs is 3. The number of alkyl carbamates (subject to hydrolysis) is 1. The predicted octanol–water partition coefficient (Wildman–Crippen LogP) is 2.87. The van der Waals surface area contributed by atoms with Crippen LogP contribution >= 0.6 is 0 Å². The van der Waals surface area contributed by atoms with E-state index in [1.165, 1.54) is 6.20 Å². The minimum absolute atomic E-state index is 0.224. The quantitative estimate of drug-likeness (QED) is 0.586. The van der Waals surface area contributed by atoms with Gasteiger partial charge in [-0.25, -0.2) is 9.78 Å². The highest BCUT2D eigenvalue weighted by atomic mass is 16.6. The second-order valence-corrected chi connectivity index (χ2v) is 6.85. The maximum absolute atomic E-state index is 12.2. The average Bonchev–Trinajstić information content (AvgIpc) is 2.89. The number of benzene rings is 1. The zero-order chi connectivity index (χ0) is 18.2. The average molecular weight is 342 g/mol. The van der Waals surface area contributed by atoms with Crippen molar-refractivity contribution >= 4 is 28.0 Å². The Bertz CT molecular complexity index is 941. The summed E-state index contributed by atoms with van der Waals surface area (Å²) in [6.07, 6.45) is 1.66. The van der Waals surface area contributed by atoms with Crippen molar-refractivity contribution in [2.75, 3.05) is 0 Å². The lowest BCUT2D eigenvalue weighted by molar-refractivity contribution is -0.575. The summed E-state index contributed by atoms with van der Waals surface area (Å²) in [5.74, 6) is 0.794. The number of ether oxygens (including phenoxy) is 1. The van der Waals surface area contributed by atoms with Gasteiger partial charge >= 0.3 is 6.09 Å². The molecule has 132 valence electrons. The fourth-order valence-electron chi connectivity index (χ4n) is 2.84. The maximum atomic E-state index is 12.2. The van der Waals surface area contributed by atoms with E-state index in [-0.39, 0.29) is 6.67 Å². The van der Waals surface area contributed by atoms with Crippen LogP contribution in [0.1, 0.15) is 33.5 Å². The first-order chi connectivity index (χ1) is 11.8. The molecule has 1 amide bonds. The van der Waals surface area contributed by atoms with E-state index in [1.54, 1.807) is 6.07 Å². The molecular weight excluding hydrogens is 320 g/mol. The Morgan fingerprint density at radius 3 is 2.76 bits per heavy atom. The normalized spacial score (nSPS) is 11.8. The van der Waals surface area contributed by atoms with E-state index in [1.807, 2.05) is 50.5 Å². The lowest BCUT2D eigenvalue weighted by atomic mass is 10.2. The van der Waals surface area contributed by atoms with Crippen molar-refractivity contribution in [2.45, 2.75) is 46.4 Å². The Hall–Kier alpha value is -2.83. The van der Waals surface area contributed by atoms with Gasteiger partial charge in [-0.05, 0) is 26.8 Å². The monoisotopic (exact) mass is 342 g/mol. The molecule has 0 aliphatic rings. The molecular formula is C18H22N4O3. The Kier molecular flexibility index (Phi) is 4.24. The van der Waals surface area contributed by atoms with Gasteiger partial charge in [-0.2, -0.15) is 4.73 Å². The molecule has 1 aromatic carbocycles. The van der Waals surface area contributed by atoms with E-state index >= 15 is 0 Å². The highest BCUT2D eigenvalue weighted by Crippen LogP contribution is 2.23. The van der Waals surface area contributed by atoms with E-state index in [0.29, 0.717) is 17.5 Å². The Labute approximate surface area is 145 Å². The van der Waals surface area contributed by atoms with Crippen LogP contribution in [0.15, 0.2) is 30.5 Å². The molecule has 0 saturated carbocycles. The van der Waals surface area contributed by atoms with Gasteiger partial charge in [0.15, 0.2) is 5.52 Å². The first kappa shape index (κ1) is 17.0. The third-order valence-corrected chi connectivity index (χ3v) is 3.81. The van der Waals surface area contributed by atoms with Crippen molar-refractivity contribution in [3.63, 3.8) is 0 Å². The molecule has 2 aromatic heterocycles. The first-order valence-electron chi connectivity index (χ1n) is 8.27. The molecule has 0 radical (unpaired) electrons. The fourth-order valence-corrected chi connectivity index (χ4v) is 2.84. The van der Waals surface area contributed by atoms with E-state index in [4.69, 9.17) is 4.74 Å². The minimum Gasteiger partial charge on any atom is -0.618 e. The predicted molar refractivity (Wildman–Crippen MR) is 94.9 cm³/mol. The molecule has 1 N–H and O–H groups in total. The summed E-state index contributed by atoms with van der Waals surface area (Å²) in [6, 6.07) is 7.36. The number of hydrogen-bond acceptors (Lipinski definition) is 4. The molecule has 7 nitrogen and oxygen atoms in total. The van der Waals surface area contributed by atoms with Crippen molar-refractivity contribution < 1.29 is 14.3 Å². The lowest BCUT2D eigenvalue weighted by Gasteiger charge is -2.20. The van der Waals surface area contributed by atoms with Gasteiger partial charge < -0.3 is 19.8 Å². The van der Waals surface area contributed by atoms with Crippen molar-refractivity contribution in [2.24, 2.45) is 0 Å². The number of amides is 1. The molecule has 0 saturated heterocycles. The second-order valence-electron chi connectivity index (χ2n) is 6.85. The zero-order valence-corrected chi connectivity index (χ0v) is 14.9. The highest BCUT2D eigenvalue weighted by Gasteiger charge is 2.20. The number of nitrogens with zero attached hydrogens (tertiary/aromatic N) is 3. The molecule has 7 heteroatoms. The fraction of sp³-hybridized carbons (Fsp3) is 0.389. The Balaban J connectivity index is 2.04. The summed E-state index contributed by atoms with van der Waals surface area (Å²) in [4.78, 5) is 16.5. The number of nitrogens with one attached hydrogen (secondary N) is 1. The van der Waals surface area contributed by atoms with Crippen LogP contribution in [0.4, 0.5) is 4.79 Å². The first-order valence-corrected chi connectivity index (χ1v) is 8.27. The zero-order valence-electron chi connectivity index (χ0n) is 14.9. The SMILES string of the molecule is CCc1nc2c[n+]([O-])c3ccccc3c2n1CNC(=O)OC(C)(C)C. The van der Waals surface area contributed by atoms with Gasteiger partial charge in [0.25, 0.3) is 0 Å². The molecule has 25 heavy (non-hydrogen) atoms. The van der Waals surface area contributed by atoms with Crippen molar-refractivity contribution in [1.82, 2.24) is 14.9 Å². The number of hydrogen-bond donors (Lipinski definition) is 1. The molecule has 0 unspecified atom stereocenters. The molecule has 0 atom stereocenters. The van der Waals surface area contributed by atoms with Crippen LogP contribution in [0.3, 0.4) is 0 Å². The van der Waals surface area contributed by atoms with Gasteiger partial charge in [0.1, 0.15) is 11.4 Å². The van der Waals surface area contributed by atoms with E-state index < -0.39 is 11.7 Å². The molecule has 3 aromatic rings. The number of rotatable bonds is 3. The van der Waals surface area contributed by atoms with E-state index in [9.17, 15) is 10.0 Å². The Morgan fingerprint density at radius 1 is 1.36 bits per heavy atom. The number of aryl methyl sites for hydroxylation is 1. The molecule has 3 rings (SSSR count). The smallest absolute Gasteiger partial charge is 0.409 e. The van der Waals surface area contributed by atoms with Crippen molar-refractivity contribution in [3.05, 3.63) is 41.5 Å². The highest BCUT2D eigenvalue weighted by molar-refractivity contribution is 6.00. The summed E-state index contributed by atoms with van der Waals surface area (Å²) in [5.41, 5.74) is 1.44. The van der Waals surface area contributed by atoms with Crippen LogP contribution < -0.4 is 10.0 Å². The largest absolute Gasteiger partial charge is 0.618 e. The van der Waals surface area contributed by atoms with Gasteiger partial charge in [-0.15, -0.1) is 0 Å². The van der Waals surface area contributed by atoms with E-state index in [2.05, 4.69) is 10.3 Å². The Morgan fingerprint density at radius 2 is 2.08 bits per heavy atom. The second kappa shape index (κ2) is 6.23. The van der Waals surface area contributed by atoms with Crippen LogP contribution in [0.5, 0.6) is 0 Å². The van der Waals surface area contributed by atoms with Crippen LogP contribution in [0, 0.1) is 5.21 Å². The summed E-state index contributed by atoms with van der Waals surface area (Å²) in [5, 5.41) is 15.8. The summed E-state index contributed by atoms with van der Waals surface area (Å²) >= 11 is 0. The maximum Gasteiger partial charge on any atom is 0.409 e. The van der Waals surface area contributed by atoms with Gasteiger partial charge in [0.2, 0.25) is 11.7 Å². The van der Waals surface area contributed by atoms with Gasteiger partial charge in [-0.3, -0.25) is 0 Å². The number of carbonyl (C=O) groups excluding carboxylic acids is 1. The number of para-hydroxylation sites is 1. The number of imidazole rings is 1. The third kappa shape index (κ3) is 3.35. The van der Waals surface area contributed by atoms with Gasteiger partial charge in [0.05, 0.1) is 17.6 Å². The van der Waals surface area contributed by atoms with Crippen molar-refractivity contribution in [3.8, 4) is 0 Å². The third-order valence-electron chi connectivity index (χ3n) is 3.81. The molecule has 0 aliphatic carbocycles. The molecule has 0 bridgehead atoms. The van der Waals surface area contributed by atoms with Crippen LogP contribution in [0.2, 0.25) is 0 Å². The van der Waals surface area contributed by atoms with Gasteiger partial charge in [-0.1, -0.05) is 19.1 Å². The van der Waals surface area contributed by atoms with Crippen LogP contribution in [0.25, 0.3) is 21.9 Å². The lowest BCUT2D eigenvalue weighted by Crippen LogP contribution is -2.34. The summed E-state index contributed by atoms with van der Waals surface area (Å²) in [6.45, 7) is 7.66. The molecule has 0 spiro atoms. The minimum atomic E-state index is -0.560. The molecule has 0 fully saturated rings. The number of aromatic nitrogens is 3. The summed E-state index contributed by atoms with van der Waals surface area (Å²) < 4.78 is 8.04. The van der Waals surface area contributed by atoms with E-state index in [0.717, 1.165) is 21.5 Å². The number of pyridine rings is 1.